The van der Waals surface area contributed by atoms with Gasteiger partial charge in [0, 0.05) is 0 Å². The SMILES string of the molecule is CCC1(COC(=O)C2CCCCC2C(=O)OCCS(=O)(=O)O)COC1. The van der Waals surface area contributed by atoms with Crippen molar-refractivity contribution in [2.24, 2.45) is 17.3 Å². The summed E-state index contributed by atoms with van der Waals surface area (Å²) in [6.07, 6.45) is 3.54. The fourth-order valence-corrected chi connectivity index (χ4v) is 3.46. The lowest BCUT2D eigenvalue weighted by molar-refractivity contribution is -0.179. The van der Waals surface area contributed by atoms with E-state index >= 15 is 0 Å². The van der Waals surface area contributed by atoms with Crippen LogP contribution in [0, 0.1) is 17.3 Å². The summed E-state index contributed by atoms with van der Waals surface area (Å²) in [7, 11) is -4.19. The second-order valence-corrected chi connectivity index (χ2v) is 8.48. The Labute approximate surface area is 147 Å². The van der Waals surface area contributed by atoms with Gasteiger partial charge in [0.2, 0.25) is 0 Å². The average Bonchev–Trinajstić information content (AvgIpc) is 2.52. The predicted molar refractivity (Wildman–Crippen MR) is 87.3 cm³/mol. The van der Waals surface area contributed by atoms with Gasteiger partial charge in [0.25, 0.3) is 10.1 Å². The Bertz CT molecular complexity index is 575. The van der Waals surface area contributed by atoms with Gasteiger partial charge >= 0.3 is 11.9 Å². The molecule has 0 radical (unpaired) electrons. The van der Waals surface area contributed by atoms with Crippen molar-refractivity contribution < 1.29 is 36.8 Å². The zero-order chi connectivity index (χ0) is 18.5. The van der Waals surface area contributed by atoms with Crippen LogP contribution in [-0.2, 0) is 33.9 Å². The number of esters is 2. The molecule has 144 valence electrons. The van der Waals surface area contributed by atoms with E-state index in [2.05, 4.69) is 0 Å². The van der Waals surface area contributed by atoms with Gasteiger partial charge in [-0.05, 0) is 19.3 Å². The molecule has 0 spiro atoms. The minimum absolute atomic E-state index is 0.115. The standard InChI is InChI=1S/C16H26O8S/c1-2-16(9-22-10-16)11-24-15(18)13-6-4-3-5-12(13)14(17)23-7-8-25(19,20)21/h12-13H,2-11H2,1H3,(H,19,20,21). The Morgan fingerprint density at radius 2 is 1.68 bits per heavy atom. The molecule has 1 aliphatic heterocycles. The Hall–Kier alpha value is -1.19. The molecule has 1 saturated heterocycles. The molecule has 0 amide bonds. The number of hydrogen-bond acceptors (Lipinski definition) is 7. The van der Waals surface area contributed by atoms with Crippen molar-refractivity contribution in [1.82, 2.24) is 0 Å². The van der Waals surface area contributed by atoms with E-state index in [1.165, 1.54) is 0 Å². The highest BCUT2D eigenvalue weighted by atomic mass is 32.2. The smallest absolute Gasteiger partial charge is 0.309 e. The minimum atomic E-state index is -4.19. The summed E-state index contributed by atoms with van der Waals surface area (Å²) in [5.74, 6) is -2.86. The fourth-order valence-electron chi connectivity index (χ4n) is 3.16. The van der Waals surface area contributed by atoms with Crippen molar-refractivity contribution in [3.8, 4) is 0 Å². The summed E-state index contributed by atoms with van der Waals surface area (Å²) < 4.78 is 45.6. The fraction of sp³-hybridized carbons (Fsp3) is 0.875. The second kappa shape index (κ2) is 8.46. The van der Waals surface area contributed by atoms with Crippen LogP contribution in [0.3, 0.4) is 0 Å². The molecule has 0 aromatic heterocycles. The van der Waals surface area contributed by atoms with Crippen LogP contribution in [0.5, 0.6) is 0 Å². The molecular weight excluding hydrogens is 352 g/mol. The molecule has 2 fully saturated rings. The van der Waals surface area contributed by atoms with E-state index in [-0.39, 0.29) is 12.0 Å². The largest absolute Gasteiger partial charge is 0.465 e. The van der Waals surface area contributed by atoms with Crippen LogP contribution >= 0.6 is 0 Å². The highest BCUT2D eigenvalue weighted by Crippen LogP contribution is 2.35. The van der Waals surface area contributed by atoms with Gasteiger partial charge in [0.15, 0.2) is 0 Å². The van der Waals surface area contributed by atoms with E-state index in [1.54, 1.807) is 0 Å². The molecule has 2 rings (SSSR count). The third-order valence-corrected chi connectivity index (χ3v) is 5.73. The first-order valence-corrected chi connectivity index (χ1v) is 10.2. The first-order valence-electron chi connectivity index (χ1n) is 8.62. The molecule has 1 N–H and O–H groups in total. The van der Waals surface area contributed by atoms with Gasteiger partial charge in [-0.3, -0.25) is 14.1 Å². The summed E-state index contributed by atoms with van der Waals surface area (Å²) in [5.41, 5.74) is -0.115. The summed E-state index contributed by atoms with van der Waals surface area (Å²) >= 11 is 0. The number of carbonyl (C=O) groups excluding carboxylic acids is 2. The molecule has 2 unspecified atom stereocenters. The van der Waals surface area contributed by atoms with Crippen molar-refractivity contribution in [3.05, 3.63) is 0 Å². The Kier molecular flexibility index (Phi) is 6.81. The number of hydrogen-bond donors (Lipinski definition) is 1. The number of carbonyl (C=O) groups is 2. The van der Waals surface area contributed by atoms with Gasteiger partial charge in [-0.1, -0.05) is 19.8 Å². The lowest BCUT2D eigenvalue weighted by Gasteiger charge is -2.40. The highest BCUT2D eigenvalue weighted by Gasteiger charge is 2.41. The van der Waals surface area contributed by atoms with Crippen LogP contribution in [0.25, 0.3) is 0 Å². The number of rotatable bonds is 8. The molecule has 25 heavy (non-hydrogen) atoms. The minimum Gasteiger partial charge on any atom is -0.465 e. The maximum atomic E-state index is 12.4. The summed E-state index contributed by atoms with van der Waals surface area (Å²) in [6.45, 7) is 3.02. The van der Waals surface area contributed by atoms with E-state index in [0.29, 0.717) is 26.1 Å². The van der Waals surface area contributed by atoms with E-state index in [4.69, 9.17) is 18.8 Å². The van der Waals surface area contributed by atoms with Crippen LogP contribution in [0.15, 0.2) is 0 Å². The zero-order valence-corrected chi connectivity index (χ0v) is 15.3. The van der Waals surface area contributed by atoms with Crippen LogP contribution in [0.1, 0.15) is 39.0 Å². The van der Waals surface area contributed by atoms with Gasteiger partial charge in [0.05, 0.1) is 30.5 Å². The molecule has 9 heteroatoms. The molecule has 0 bridgehead atoms. The molecule has 2 atom stereocenters. The average molecular weight is 378 g/mol. The number of ether oxygens (including phenoxy) is 3. The molecule has 8 nitrogen and oxygen atoms in total. The molecule has 1 saturated carbocycles. The Balaban J connectivity index is 1.87. The van der Waals surface area contributed by atoms with Crippen molar-refractivity contribution in [1.29, 1.82) is 0 Å². The summed E-state index contributed by atoms with van der Waals surface area (Å²) in [5, 5.41) is 0. The quantitative estimate of drug-likeness (QED) is 0.495. The maximum absolute atomic E-state index is 12.4. The lowest BCUT2D eigenvalue weighted by Crippen LogP contribution is -2.47. The van der Waals surface area contributed by atoms with Crippen LogP contribution in [0.4, 0.5) is 0 Å². The molecule has 1 heterocycles. The molecular formula is C16H26O8S. The van der Waals surface area contributed by atoms with Gasteiger partial charge in [-0.2, -0.15) is 8.42 Å². The molecule has 1 aliphatic carbocycles. The highest BCUT2D eigenvalue weighted by molar-refractivity contribution is 7.85. The summed E-state index contributed by atoms with van der Waals surface area (Å²) in [4.78, 5) is 24.6. The van der Waals surface area contributed by atoms with Gasteiger partial charge < -0.3 is 14.2 Å². The van der Waals surface area contributed by atoms with Crippen molar-refractivity contribution in [2.45, 2.75) is 39.0 Å². The van der Waals surface area contributed by atoms with E-state index in [1.807, 2.05) is 6.92 Å². The van der Waals surface area contributed by atoms with E-state index in [0.717, 1.165) is 19.3 Å². The Morgan fingerprint density at radius 3 is 2.12 bits per heavy atom. The first-order chi connectivity index (χ1) is 11.8. The molecule has 0 aromatic rings. The van der Waals surface area contributed by atoms with Gasteiger partial charge in [0.1, 0.15) is 19.0 Å². The van der Waals surface area contributed by atoms with Crippen LogP contribution in [0.2, 0.25) is 0 Å². The van der Waals surface area contributed by atoms with Crippen LogP contribution in [-0.4, -0.2) is 57.1 Å². The molecule has 2 aliphatic rings. The maximum Gasteiger partial charge on any atom is 0.309 e. The van der Waals surface area contributed by atoms with E-state index < -0.39 is 46.3 Å². The monoisotopic (exact) mass is 378 g/mol. The van der Waals surface area contributed by atoms with E-state index in [9.17, 15) is 18.0 Å². The third-order valence-electron chi connectivity index (χ3n) is 5.04. The van der Waals surface area contributed by atoms with Crippen LogP contribution < -0.4 is 0 Å². The molecule has 0 aromatic carbocycles. The summed E-state index contributed by atoms with van der Waals surface area (Å²) in [6, 6.07) is 0. The van der Waals surface area contributed by atoms with Crippen molar-refractivity contribution >= 4 is 22.1 Å². The topological polar surface area (TPSA) is 116 Å². The van der Waals surface area contributed by atoms with Gasteiger partial charge in [-0.15, -0.1) is 0 Å². The predicted octanol–water partition coefficient (Wildman–Crippen LogP) is 1.19. The third kappa shape index (κ3) is 5.65. The van der Waals surface area contributed by atoms with Crippen molar-refractivity contribution in [2.75, 3.05) is 32.2 Å². The first kappa shape index (κ1) is 20.1. The zero-order valence-electron chi connectivity index (χ0n) is 14.4. The normalized spacial score (nSPS) is 25.7. The Morgan fingerprint density at radius 1 is 1.12 bits per heavy atom. The van der Waals surface area contributed by atoms with Gasteiger partial charge in [-0.25, -0.2) is 0 Å². The van der Waals surface area contributed by atoms with Crippen molar-refractivity contribution in [3.63, 3.8) is 0 Å². The lowest BCUT2D eigenvalue weighted by atomic mass is 9.79. The second-order valence-electron chi connectivity index (χ2n) is 6.91.